The van der Waals surface area contributed by atoms with Crippen LogP contribution in [0.5, 0.6) is 0 Å². The molecule has 126 valence electrons. The van der Waals surface area contributed by atoms with Gasteiger partial charge < -0.3 is 9.64 Å². The molecule has 2 heterocycles. The van der Waals surface area contributed by atoms with Gasteiger partial charge >= 0.3 is 0 Å². The standard InChI is InChI=1S/C16H16ClN3O3S/c1-10-13(15(22)20-5-7-23-8-6-20)24-16(18-10)19-14(21)11-3-2-4-12(17)9-11/h2-4,9H,5-8H2,1H3,(H,18,19,21). The predicted octanol–water partition coefficient (Wildman–Crippen LogP) is 2.83. The number of carbonyl (C=O) groups is 2. The maximum absolute atomic E-state index is 12.5. The van der Waals surface area contributed by atoms with E-state index in [0.717, 1.165) is 0 Å². The first-order valence-corrected chi connectivity index (χ1v) is 8.65. The normalized spacial score (nSPS) is 14.5. The van der Waals surface area contributed by atoms with E-state index < -0.39 is 0 Å². The molecule has 3 rings (SSSR count). The number of rotatable bonds is 3. The number of amides is 2. The van der Waals surface area contributed by atoms with Crippen LogP contribution in [0.15, 0.2) is 24.3 Å². The highest BCUT2D eigenvalue weighted by molar-refractivity contribution is 7.17. The Morgan fingerprint density at radius 3 is 2.79 bits per heavy atom. The van der Waals surface area contributed by atoms with Crippen molar-refractivity contribution in [3.05, 3.63) is 45.4 Å². The van der Waals surface area contributed by atoms with Crippen molar-refractivity contribution in [2.75, 3.05) is 31.6 Å². The largest absolute Gasteiger partial charge is 0.378 e. The van der Waals surface area contributed by atoms with E-state index in [-0.39, 0.29) is 11.8 Å². The Labute approximate surface area is 148 Å². The van der Waals surface area contributed by atoms with Gasteiger partial charge in [-0.2, -0.15) is 0 Å². The Balaban J connectivity index is 1.74. The zero-order chi connectivity index (χ0) is 17.1. The number of nitrogens with one attached hydrogen (secondary N) is 1. The number of aryl methyl sites for hydroxylation is 1. The Bertz CT molecular complexity index is 772. The van der Waals surface area contributed by atoms with Gasteiger partial charge in [-0.1, -0.05) is 29.0 Å². The number of benzene rings is 1. The number of ether oxygens (including phenoxy) is 1. The number of hydrogen-bond acceptors (Lipinski definition) is 5. The van der Waals surface area contributed by atoms with E-state index in [2.05, 4.69) is 10.3 Å². The Morgan fingerprint density at radius 2 is 2.08 bits per heavy atom. The summed E-state index contributed by atoms with van der Waals surface area (Å²) in [6, 6.07) is 6.65. The maximum Gasteiger partial charge on any atom is 0.266 e. The molecule has 6 nitrogen and oxygen atoms in total. The van der Waals surface area contributed by atoms with Crippen LogP contribution in [0.2, 0.25) is 5.02 Å². The molecule has 0 bridgehead atoms. The molecule has 1 N–H and O–H groups in total. The second-order valence-corrected chi connectivity index (χ2v) is 6.74. The Kier molecular flexibility index (Phi) is 5.13. The first-order chi connectivity index (χ1) is 11.5. The minimum Gasteiger partial charge on any atom is -0.378 e. The van der Waals surface area contributed by atoms with Gasteiger partial charge in [0, 0.05) is 23.7 Å². The molecule has 24 heavy (non-hydrogen) atoms. The molecule has 2 aromatic rings. The molecule has 1 aliphatic heterocycles. The van der Waals surface area contributed by atoms with Gasteiger partial charge in [-0.15, -0.1) is 0 Å². The van der Waals surface area contributed by atoms with Crippen LogP contribution >= 0.6 is 22.9 Å². The molecule has 2 amide bonds. The molecule has 1 aromatic carbocycles. The van der Waals surface area contributed by atoms with E-state index in [1.807, 2.05) is 0 Å². The van der Waals surface area contributed by atoms with Gasteiger partial charge in [0.15, 0.2) is 5.13 Å². The number of halogens is 1. The van der Waals surface area contributed by atoms with Crippen LogP contribution in [0.3, 0.4) is 0 Å². The minimum atomic E-state index is -0.309. The van der Waals surface area contributed by atoms with Crippen LogP contribution in [0, 0.1) is 6.92 Å². The van der Waals surface area contributed by atoms with Crippen molar-refractivity contribution in [1.82, 2.24) is 9.88 Å². The first-order valence-electron chi connectivity index (χ1n) is 7.46. The predicted molar refractivity (Wildman–Crippen MR) is 93.0 cm³/mol. The molecule has 0 saturated carbocycles. The van der Waals surface area contributed by atoms with Crippen LogP contribution in [0.25, 0.3) is 0 Å². The van der Waals surface area contributed by atoms with Crippen LogP contribution < -0.4 is 5.32 Å². The lowest BCUT2D eigenvalue weighted by Crippen LogP contribution is -2.40. The van der Waals surface area contributed by atoms with Gasteiger partial charge in [-0.25, -0.2) is 4.98 Å². The summed E-state index contributed by atoms with van der Waals surface area (Å²) in [7, 11) is 0. The third-order valence-electron chi connectivity index (χ3n) is 3.60. The number of nitrogens with zero attached hydrogens (tertiary/aromatic N) is 2. The SMILES string of the molecule is Cc1nc(NC(=O)c2cccc(Cl)c2)sc1C(=O)N1CCOCC1. The Morgan fingerprint density at radius 1 is 1.33 bits per heavy atom. The highest BCUT2D eigenvalue weighted by Gasteiger charge is 2.23. The van der Waals surface area contributed by atoms with E-state index in [0.29, 0.717) is 52.6 Å². The number of carbonyl (C=O) groups excluding carboxylic acids is 2. The molecule has 0 radical (unpaired) electrons. The van der Waals surface area contributed by atoms with Gasteiger partial charge in [0.05, 0.1) is 18.9 Å². The number of aromatic nitrogens is 1. The van der Waals surface area contributed by atoms with E-state index in [4.69, 9.17) is 16.3 Å². The van der Waals surface area contributed by atoms with Crippen molar-refractivity contribution in [2.24, 2.45) is 0 Å². The fraction of sp³-hybridized carbons (Fsp3) is 0.312. The zero-order valence-corrected chi connectivity index (χ0v) is 14.6. The molecule has 1 saturated heterocycles. The molecule has 1 fully saturated rings. The summed E-state index contributed by atoms with van der Waals surface area (Å²) in [5.41, 5.74) is 1.05. The lowest BCUT2D eigenvalue weighted by molar-refractivity contribution is 0.0305. The van der Waals surface area contributed by atoms with Crippen LogP contribution in [0.1, 0.15) is 25.7 Å². The first kappa shape index (κ1) is 16.9. The third-order valence-corrected chi connectivity index (χ3v) is 4.89. The average molecular weight is 366 g/mol. The van der Waals surface area contributed by atoms with Gasteiger partial charge in [-0.05, 0) is 25.1 Å². The van der Waals surface area contributed by atoms with Crippen LogP contribution in [-0.2, 0) is 4.74 Å². The number of morpholine rings is 1. The fourth-order valence-electron chi connectivity index (χ4n) is 2.36. The summed E-state index contributed by atoms with van der Waals surface area (Å²) in [4.78, 5) is 31.4. The van der Waals surface area contributed by atoms with Crippen LogP contribution in [-0.4, -0.2) is 48.0 Å². The topological polar surface area (TPSA) is 71.5 Å². The summed E-state index contributed by atoms with van der Waals surface area (Å²) >= 11 is 7.08. The monoisotopic (exact) mass is 365 g/mol. The lowest BCUT2D eigenvalue weighted by Gasteiger charge is -2.26. The van der Waals surface area contributed by atoms with E-state index in [1.54, 1.807) is 36.1 Å². The number of thiazole rings is 1. The minimum absolute atomic E-state index is 0.0726. The number of hydrogen-bond donors (Lipinski definition) is 1. The zero-order valence-electron chi connectivity index (χ0n) is 13.0. The fourth-order valence-corrected chi connectivity index (χ4v) is 3.48. The molecule has 1 aliphatic rings. The molecule has 0 atom stereocenters. The molecule has 0 spiro atoms. The van der Waals surface area contributed by atoms with Crippen LogP contribution in [0.4, 0.5) is 5.13 Å². The summed E-state index contributed by atoms with van der Waals surface area (Å²) < 4.78 is 5.26. The van der Waals surface area contributed by atoms with Gasteiger partial charge in [0.1, 0.15) is 4.88 Å². The third kappa shape index (κ3) is 3.75. The van der Waals surface area contributed by atoms with E-state index in [1.165, 1.54) is 11.3 Å². The summed E-state index contributed by atoms with van der Waals surface area (Å²) in [6.45, 7) is 3.99. The van der Waals surface area contributed by atoms with Gasteiger partial charge in [-0.3, -0.25) is 14.9 Å². The second-order valence-electron chi connectivity index (χ2n) is 5.30. The van der Waals surface area contributed by atoms with E-state index >= 15 is 0 Å². The van der Waals surface area contributed by atoms with Crippen molar-refractivity contribution < 1.29 is 14.3 Å². The molecule has 1 aromatic heterocycles. The average Bonchev–Trinajstić information content (AvgIpc) is 2.95. The molecule has 0 unspecified atom stereocenters. The van der Waals surface area contributed by atoms with Crippen molar-refractivity contribution in [2.45, 2.75) is 6.92 Å². The summed E-state index contributed by atoms with van der Waals surface area (Å²) in [5.74, 6) is -0.381. The highest BCUT2D eigenvalue weighted by atomic mass is 35.5. The number of anilines is 1. The maximum atomic E-state index is 12.5. The molecule has 0 aliphatic carbocycles. The van der Waals surface area contributed by atoms with E-state index in [9.17, 15) is 9.59 Å². The van der Waals surface area contributed by atoms with Crippen molar-refractivity contribution in [3.8, 4) is 0 Å². The smallest absolute Gasteiger partial charge is 0.266 e. The lowest BCUT2D eigenvalue weighted by atomic mass is 10.2. The Hall–Kier alpha value is -1.96. The van der Waals surface area contributed by atoms with Crippen molar-refractivity contribution in [3.63, 3.8) is 0 Å². The molecule has 8 heteroatoms. The van der Waals surface area contributed by atoms with Gasteiger partial charge in [0.2, 0.25) is 0 Å². The van der Waals surface area contributed by atoms with Crippen molar-refractivity contribution in [1.29, 1.82) is 0 Å². The summed E-state index contributed by atoms with van der Waals surface area (Å²) in [5, 5.41) is 3.60. The van der Waals surface area contributed by atoms with Gasteiger partial charge in [0.25, 0.3) is 11.8 Å². The second kappa shape index (κ2) is 7.29. The highest BCUT2D eigenvalue weighted by Crippen LogP contribution is 2.25. The van der Waals surface area contributed by atoms with Crippen molar-refractivity contribution >= 4 is 39.9 Å². The molecular formula is C16H16ClN3O3S. The quantitative estimate of drug-likeness (QED) is 0.907. The molecular weight excluding hydrogens is 350 g/mol. The summed E-state index contributed by atoms with van der Waals surface area (Å²) in [6.07, 6.45) is 0.